The molecule has 1 atom stereocenters. The van der Waals surface area contributed by atoms with Crippen LogP contribution in [-0.4, -0.2) is 31.0 Å². The van der Waals surface area contributed by atoms with E-state index < -0.39 is 12.0 Å². The highest BCUT2D eigenvalue weighted by Crippen LogP contribution is 2.39. The molecule has 0 N–H and O–H groups in total. The second-order valence-corrected chi connectivity index (χ2v) is 13.0. The molecule has 4 aromatic carbocycles. The van der Waals surface area contributed by atoms with Crippen LogP contribution in [0.3, 0.4) is 0 Å². The van der Waals surface area contributed by atoms with Crippen molar-refractivity contribution in [3.05, 3.63) is 124 Å². The number of carbonyl (C=O) groups excluding carboxylic acids is 1. The van der Waals surface area contributed by atoms with Gasteiger partial charge in [-0.2, -0.15) is 0 Å². The minimum atomic E-state index is -0.763. The van der Waals surface area contributed by atoms with Gasteiger partial charge in [0.15, 0.2) is 27.8 Å². The number of methoxy groups -OCH3 is 1. The topological polar surface area (TPSA) is 97.6 Å². The van der Waals surface area contributed by atoms with Crippen molar-refractivity contribution in [2.75, 3.05) is 20.5 Å². The van der Waals surface area contributed by atoms with Gasteiger partial charge in [-0.3, -0.25) is 9.36 Å². The second kappa shape index (κ2) is 12.9. The van der Waals surface area contributed by atoms with Crippen LogP contribution in [0.4, 0.5) is 0 Å². The Morgan fingerprint density at radius 2 is 1.89 bits per heavy atom. The van der Waals surface area contributed by atoms with E-state index in [1.807, 2.05) is 42.5 Å². The van der Waals surface area contributed by atoms with E-state index in [0.29, 0.717) is 55.8 Å². The summed E-state index contributed by atoms with van der Waals surface area (Å²) in [7, 11) is 1.60. The Hall–Kier alpha value is -4.62. The molecule has 0 spiro atoms. The molecule has 2 aliphatic rings. The van der Waals surface area contributed by atoms with Gasteiger partial charge in [-0.05, 0) is 94.2 Å². The zero-order chi connectivity index (χ0) is 32.7. The average molecular weight is 761 g/mol. The molecule has 47 heavy (non-hydrogen) atoms. The van der Waals surface area contributed by atoms with Crippen LogP contribution >= 0.6 is 33.9 Å². The van der Waals surface area contributed by atoms with Crippen molar-refractivity contribution in [1.29, 1.82) is 0 Å². The molecule has 11 heteroatoms. The predicted molar refractivity (Wildman–Crippen MR) is 187 cm³/mol. The Bertz CT molecular complexity index is 2270. The van der Waals surface area contributed by atoms with E-state index in [1.165, 1.54) is 11.3 Å². The lowest BCUT2D eigenvalue weighted by molar-refractivity contribution is -0.139. The molecule has 0 fully saturated rings. The number of hydrogen-bond acceptors (Lipinski definition) is 9. The third-order valence-corrected chi connectivity index (χ3v) is 9.82. The molecule has 0 aliphatic carbocycles. The van der Waals surface area contributed by atoms with Crippen molar-refractivity contribution >= 4 is 56.7 Å². The summed E-state index contributed by atoms with van der Waals surface area (Å²) in [5.74, 6) is 1.80. The van der Waals surface area contributed by atoms with Crippen LogP contribution < -0.4 is 33.8 Å². The first kappa shape index (κ1) is 31.0. The molecule has 0 unspecified atom stereocenters. The van der Waals surface area contributed by atoms with E-state index in [4.69, 9.17) is 23.7 Å². The molecule has 0 saturated carbocycles. The van der Waals surface area contributed by atoms with Crippen LogP contribution in [0.1, 0.15) is 36.6 Å². The van der Waals surface area contributed by atoms with E-state index in [2.05, 4.69) is 51.8 Å². The van der Waals surface area contributed by atoms with Crippen LogP contribution in [-0.2, 0) is 16.1 Å². The number of fused-ring (bicyclic) bond motifs is 3. The molecule has 7 rings (SSSR count). The highest BCUT2D eigenvalue weighted by Gasteiger charge is 2.34. The quantitative estimate of drug-likeness (QED) is 0.144. The fraction of sp³-hybridized carbons (Fsp3) is 0.194. The van der Waals surface area contributed by atoms with Gasteiger partial charge in [-0.1, -0.05) is 59.9 Å². The van der Waals surface area contributed by atoms with Crippen LogP contribution in [0.5, 0.6) is 23.0 Å². The number of thiazole rings is 1. The summed E-state index contributed by atoms with van der Waals surface area (Å²) >= 11 is 3.48. The van der Waals surface area contributed by atoms with Gasteiger partial charge in [0.25, 0.3) is 5.56 Å². The van der Waals surface area contributed by atoms with Gasteiger partial charge in [0.1, 0.15) is 6.61 Å². The van der Waals surface area contributed by atoms with Crippen LogP contribution in [0.25, 0.3) is 16.8 Å². The summed E-state index contributed by atoms with van der Waals surface area (Å²) < 4.78 is 31.4. The molecule has 5 aromatic rings. The minimum Gasteiger partial charge on any atom is -0.493 e. The minimum absolute atomic E-state index is 0.108. The molecule has 2 aliphatic heterocycles. The zero-order valence-electron chi connectivity index (χ0n) is 25.7. The Morgan fingerprint density at radius 3 is 2.72 bits per heavy atom. The zero-order valence-corrected chi connectivity index (χ0v) is 28.7. The summed E-state index contributed by atoms with van der Waals surface area (Å²) in [6.07, 6.45) is 1.81. The van der Waals surface area contributed by atoms with Crippen LogP contribution in [0, 0.1) is 3.57 Å². The Kier molecular flexibility index (Phi) is 8.50. The summed E-state index contributed by atoms with van der Waals surface area (Å²) in [5, 5.41) is 2.29. The van der Waals surface area contributed by atoms with Gasteiger partial charge < -0.3 is 23.7 Å². The average Bonchev–Trinajstić information content (AvgIpc) is 3.66. The van der Waals surface area contributed by atoms with Crippen molar-refractivity contribution in [1.82, 2.24) is 4.57 Å². The van der Waals surface area contributed by atoms with Gasteiger partial charge >= 0.3 is 5.97 Å². The van der Waals surface area contributed by atoms with Gasteiger partial charge in [0, 0.05) is 0 Å². The normalized spacial score (nSPS) is 15.4. The maximum atomic E-state index is 14.1. The standard InChI is InChI=1S/C36H29IN2O7S/c1-4-43-35(41)31-20(2)38-36-39(32(31)23-12-13-27-28(17-23)46-19-45-27)34(40)30(47-36)16-21-14-26(37)33(29(15-21)42-3)44-18-24-10-7-9-22-8-5-6-11-25(22)24/h5-17,32H,4,18-19H2,1-3H3/b30-16+/t32-/m1/s1. The summed E-state index contributed by atoms with van der Waals surface area (Å²) in [6.45, 7) is 4.17. The third kappa shape index (κ3) is 5.78. The number of ether oxygens (including phenoxy) is 5. The molecule has 0 saturated heterocycles. The van der Waals surface area contributed by atoms with Crippen molar-refractivity contribution in [3.63, 3.8) is 0 Å². The Balaban J connectivity index is 1.27. The van der Waals surface area contributed by atoms with Crippen LogP contribution in [0.2, 0.25) is 0 Å². The molecule has 0 bridgehead atoms. The molecule has 1 aromatic heterocycles. The lowest BCUT2D eigenvalue weighted by atomic mass is 9.95. The fourth-order valence-corrected chi connectivity index (χ4v) is 7.70. The van der Waals surface area contributed by atoms with Gasteiger partial charge in [-0.15, -0.1) is 0 Å². The van der Waals surface area contributed by atoms with Gasteiger partial charge in [-0.25, -0.2) is 9.79 Å². The molecule has 9 nitrogen and oxygen atoms in total. The predicted octanol–water partition coefficient (Wildman–Crippen LogP) is 5.87. The fourth-order valence-electron chi connectivity index (χ4n) is 5.87. The number of nitrogens with zero attached hydrogens (tertiary/aromatic N) is 2. The number of aromatic nitrogens is 1. The number of esters is 1. The summed E-state index contributed by atoms with van der Waals surface area (Å²) in [4.78, 5) is 32.5. The Labute approximate surface area is 287 Å². The van der Waals surface area contributed by atoms with E-state index in [-0.39, 0.29) is 19.0 Å². The smallest absolute Gasteiger partial charge is 0.338 e. The first-order chi connectivity index (χ1) is 22.9. The van der Waals surface area contributed by atoms with E-state index >= 15 is 0 Å². The molecule has 0 radical (unpaired) electrons. The number of allylic oxidation sites excluding steroid dienone is 1. The van der Waals surface area contributed by atoms with E-state index in [0.717, 1.165) is 25.5 Å². The van der Waals surface area contributed by atoms with Crippen molar-refractivity contribution < 1.29 is 28.5 Å². The summed E-state index contributed by atoms with van der Waals surface area (Å²) in [6, 6.07) is 22.8. The summed E-state index contributed by atoms with van der Waals surface area (Å²) in [5.41, 5.74) is 3.02. The number of carbonyl (C=O) groups is 1. The van der Waals surface area contributed by atoms with Crippen molar-refractivity contribution in [2.45, 2.75) is 26.5 Å². The van der Waals surface area contributed by atoms with Crippen molar-refractivity contribution in [3.8, 4) is 23.0 Å². The number of hydrogen-bond donors (Lipinski definition) is 0. The number of halogens is 1. The molecule has 3 heterocycles. The highest BCUT2D eigenvalue weighted by molar-refractivity contribution is 14.1. The monoisotopic (exact) mass is 760 g/mol. The first-order valence-electron chi connectivity index (χ1n) is 14.9. The Morgan fingerprint density at radius 1 is 1.09 bits per heavy atom. The lowest BCUT2D eigenvalue weighted by Crippen LogP contribution is -2.39. The van der Waals surface area contributed by atoms with Crippen molar-refractivity contribution in [2.24, 2.45) is 4.99 Å². The first-order valence-corrected chi connectivity index (χ1v) is 16.8. The maximum absolute atomic E-state index is 14.1. The SMILES string of the molecule is CCOC(=O)C1=C(C)N=c2s/c(=C/c3cc(I)c(OCc4cccc5ccccc45)c(OC)c3)c(=O)n2[C@@H]1c1ccc2c(c1)OCO2. The lowest BCUT2D eigenvalue weighted by Gasteiger charge is -2.24. The molecule has 0 amide bonds. The number of benzene rings is 4. The van der Waals surface area contributed by atoms with E-state index in [9.17, 15) is 9.59 Å². The largest absolute Gasteiger partial charge is 0.493 e. The maximum Gasteiger partial charge on any atom is 0.338 e. The van der Waals surface area contributed by atoms with Gasteiger partial charge in [0.2, 0.25) is 6.79 Å². The van der Waals surface area contributed by atoms with Crippen LogP contribution in [0.15, 0.2) is 93.9 Å². The number of rotatable bonds is 8. The molecular formula is C36H29IN2O7S. The van der Waals surface area contributed by atoms with E-state index in [1.54, 1.807) is 37.7 Å². The third-order valence-electron chi connectivity index (χ3n) is 8.03. The molecular weight excluding hydrogens is 731 g/mol. The van der Waals surface area contributed by atoms with Gasteiger partial charge in [0.05, 0.1) is 39.1 Å². The molecule has 238 valence electrons. The highest BCUT2D eigenvalue weighted by atomic mass is 127. The second-order valence-electron chi connectivity index (χ2n) is 10.9.